The van der Waals surface area contributed by atoms with Gasteiger partial charge in [0.1, 0.15) is 0 Å². The lowest BCUT2D eigenvalue weighted by Crippen LogP contribution is -2.44. The summed E-state index contributed by atoms with van der Waals surface area (Å²) in [5.74, 6) is 0.0589. The highest BCUT2D eigenvalue weighted by Crippen LogP contribution is 2.48. The van der Waals surface area contributed by atoms with Crippen molar-refractivity contribution in [2.24, 2.45) is 0 Å². The summed E-state index contributed by atoms with van der Waals surface area (Å²) in [7, 11) is 2.19. The van der Waals surface area contributed by atoms with Crippen molar-refractivity contribution in [1.82, 2.24) is 4.90 Å². The Morgan fingerprint density at radius 2 is 1.15 bits per heavy atom. The molecule has 0 bridgehead atoms. The summed E-state index contributed by atoms with van der Waals surface area (Å²) in [6.45, 7) is 0. The van der Waals surface area contributed by atoms with Gasteiger partial charge in [0.15, 0.2) is 0 Å². The van der Waals surface area contributed by atoms with Crippen molar-refractivity contribution in [2.45, 2.75) is 30.5 Å². The number of hydrogen-bond acceptors (Lipinski definition) is 2. The van der Waals surface area contributed by atoms with Gasteiger partial charge in [-0.15, -0.1) is 0 Å². The Labute approximate surface area is 155 Å². The predicted molar refractivity (Wildman–Crippen MR) is 106 cm³/mol. The molecule has 2 nitrogen and oxygen atoms in total. The molecule has 3 aromatic carbocycles. The van der Waals surface area contributed by atoms with E-state index in [1.807, 2.05) is 12.1 Å². The van der Waals surface area contributed by atoms with E-state index >= 15 is 0 Å². The molecule has 4 atom stereocenters. The topological polar surface area (TPSA) is 23.5 Å². The summed E-state index contributed by atoms with van der Waals surface area (Å²) < 4.78 is 0. The van der Waals surface area contributed by atoms with Gasteiger partial charge in [-0.1, -0.05) is 91.0 Å². The highest BCUT2D eigenvalue weighted by molar-refractivity contribution is 5.32. The first kappa shape index (κ1) is 17.0. The van der Waals surface area contributed by atoms with Crippen LogP contribution < -0.4 is 0 Å². The van der Waals surface area contributed by atoms with Gasteiger partial charge in [0.25, 0.3) is 0 Å². The molecule has 1 fully saturated rings. The number of likely N-dealkylation sites (N-methyl/N-ethyl adjacent to an activating group) is 1. The molecule has 0 aliphatic carbocycles. The maximum absolute atomic E-state index is 11.2. The fraction of sp³-hybridized carbons (Fsp3) is 0.250. The molecule has 0 amide bonds. The minimum atomic E-state index is -0.385. The lowest BCUT2D eigenvalue weighted by molar-refractivity contribution is -0.00811. The van der Waals surface area contributed by atoms with Crippen molar-refractivity contribution in [1.29, 1.82) is 0 Å². The maximum Gasteiger partial charge on any atom is 0.0645 e. The van der Waals surface area contributed by atoms with Crippen LogP contribution in [0, 0.1) is 0 Å². The normalized spacial score (nSPS) is 26.5. The zero-order chi connectivity index (χ0) is 17.9. The van der Waals surface area contributed by atoms with Crippen LogP contribution in [0.2, 0.25) is 0 Å². The smallest absolute Gasteiger partial charge is 0.0645 e. The Hall–Kier alpha value is -2.42. The number of aliphatic hydroxyl groups excluding tert-OH is 1. The van der Waals surface area contributed by atoms with E-state index in [2.05, 4.69) is 90.8 Å². The third-order valence-electron chi connectivity index (χ3n) is 5.66. The van der Waals surface area contributed by atoms with Crippen LogP contribution in [0.1, 0.15) is 41.1 Å². The minimum Gasteiger partial charge on any atom is -0.392 e. The Bertz CT molecular complexity index is 819. The first-order chi connectivity index (χ1) is 12.8. The highest BCUT2D eigenvalue weighted by Gasteiger charge is 2.42. The van der Waals surface area contributed by atoms with E-state index in [9.17, 15) is 5.11 Å². The number of nitrogens with zero attached hydrogens (tertiary/aromatic N) is 1. The van der Waals surface area contributed by atoms with Crippen molar-refractivity contribution in [3.05, 3.63) is 108 Å². The molecular weight excluding hydrogens is 318 g/mol. The molecule has 132 valence electrons. The van der Waals surface area contributed by atoms with Gasteiger partial charge < -0.3 is 5.11 Å². The van der Waals surface area contributed by atoms with Crippen LogP contribution in [0.5, 0.6) is 0 Å². The van der Waals surface area contributed by atoms with E-state index < -0.39 is 0 Å². The van der Waals surface area contributed by atoms with Gasteiger partial charge in [0, 0.05) is 18.0 Å². The van der Waals surface area contributed by atoms with Gasteiger partial charge in [-0.25, -0.2) is 0 Å². The summed E-state index contributed by atoms with van der Waals surface area (Å²) in [5.41, 5.74) is 3.72. The summed E-state index contributed by atoms with van der Waals surface area (Å²) in [6.07, 6.45) is 0.354. The number of benzene rings is 3. The Kier molecular flexibility index (Phi) is 4.87. The van der Waals surface area contributed by atoms with Crippen LogP contribution in [0.4, 0.5) is 0 Å². The van der Waals surface area contributed by atoms with E-state index in [0.717, 1.165) is 6.42 Å². The zero-order valence-corrected chi connectivity index (χ0v) is 15.1. The molecule has 1 aliphatic rings. The van der Waals surface area contributed by atoms with E-state index in [4.69, 9.17) is 0 Å². The van der Waals surface area contributed by atoms with Gasteiger partial charge >= 0.3 is 0 Å². The Balaban J connectivity index is 1.78. The molecule has 0 aromatic heterocycles. The molecule has 26 heavy (non-hydrogen) atoms. The largest absolute Gasteiger partial charge is 0.392 e. The molecule has 1 N–H and O–H groups in total. The summed E-state index contributed by atoms with van der Waals surface area (Å²) in [5, 5.41) is 11.2. The van der Waals surface area contributed by atoms with Crippen LogP contribution in [-0.2, 0) is 0 Å². The van der Waals surface area contributed by atoms with Crippen molar-refractivity contribution in [2.75, 3.05) is 7.05 Å². The second-order valence-electron chi connectivity index (χ2n) is 7.19. The van der Waals surface area contributed by atoms with Gasteiger partial charge in [0.05, 0.1) is 6.10 Å². The third-order valence-corrected chi connectivity index (χ3v) is 5.66. The first-order valence-corrected chi connectivity index (χ1v) is 9.30. The minimum absolute atomic E-state index is 0.0589. The van der Waals surface area contributed by atoms with Crippen LogP contribution in [-0.4, -0.2) is 23.2 Å². The van der Waals surface area contributed by atoms with Crippen LogP contribution in [0.25, 0.3) is 0 Å². The van der Waals surface area contributed by atoms with Gasteiger partial charge in [-0.3, -0.25) is 4.90 Å². The SMILES string of the molecule is CN1[C@H](c2ccccc2)C[C@H](O)[C@H](c2ccccc2)[C@@H]1c1ccccc1. The molecule has 2 heteroatoms. The molecule has 3 aromatic rings. The van der Waals surface area contributed by atoms with E-state index in [1.165, 1.54) is 16.7 Å². The van der Waals surface area contributed by atoms with Crippen molar-refractivity contribution in [3.8, 4) is 0 Å². The average molecular weight is 343 g/mol. The van der Waals surface area contributed by atoms with Gasteiger partial charge in [-0.2, -0.15) is 0 Å². The predicted octanol–water partition coefficient (Wildman–Crippen LogP) is 4.95. The highest BCUT2D eigenvalue weighted by atomic mass is 16.3. The summed E-state index contributed by atoms with van der Waals surface area (Å²) in [6, 6.07) is 31.9. The van der Waals surface area contributed by atoms with E-state index in [0.29, 0.717) is 0 Å². The number of rotatable bonds is 3. The second-order valence-corrected chi connectivity index (χ2v) is 7.19. The molecule has 1 aliphatic heterocycles. The van der Waals surface area contributed by atoms with Crippen molar-refractivity contribution < 1.29 is 5.11 Å². The second kappa shape index (κ2) is 7.45. The van der Waals surface area contributed by atoms with Crippen LogP contribution in [0.3, 0.4) is 0 Å². The third kappa shape index (κ3) is 3.18. The molecule has 0 unspecified atom stereocenters. The number of likely N-dealkylation sites (tertiary alicyclic amines) is 1. The quantitative estimate of drug-likeness (QED) is 0.727. The van der Waals surface area contributed by atoms with E-state index in [1.54, 1.807) is 0 Å². The molecule has 0 radical (unpaired) electrons. The fourth-order valence-corrected chi connectivity index (χ4v) is 4.42. The molecule has 0 spiro atoms. The standard InChI is InChI=1S/C24H25NO/c1-25-21(18-11-5-2-6-12-18)17-22(26)23(19-13-7-3-8-14-19)24(25)20-15-9-4-10-16-20/h2-16,21-24,26H,17H2,1H3/t21-,22-,23-,24-/m0/s1. The number of piperidine rings is 1. The van der Waals surface area contributed by atoms with E-state index in [-0.39, 0.29) is 24.1 Å². The van der Waals surface area contributed by atoms with Crippen molar-refractivity contribution in [3.63, 3.8) is 0 Å². The lowest BCUT2D eigenvalue weighted by atomic mass is 9.75. The summed E-state index contributed by atoms with van der Waals surface area (Å²) in [4.78, 5) is 2.44. The molecule has 1 heterocycles. The maximum atomic E-state index is 11.2. The number of hydrogen-bond donors (Lipinski definition) is 1. The fourth-order valence-electron chi connectivity index (χ4n) is 4.42. The zero-order valence-electron chi connectivity index (χ0n) is 15.1. The van der Waals surface area contributed by atoms with Gasteiger partial charge in [0.2, 0.25) is 0 Å². The molecule has 1 saturated heterocycles. The molecule has 0 saturated carbocycles. The summed E-state index contributed by atoms with van der Waals surface area (Å²) >= 11 is 0. The van der Waals surface area contributed by atoms with Crippen LogP contribution >= 0.6 is 0 Å². The van der Waals surface area contributed by atoms with Gasteiger partial charge in [-0.05, 0) is 30.2 Å². The van der Waals surface area contributed by atoms with Crippen LogP contribution in [0.15, 0.2) is 91.0 Å². The number of aliphatic hydroxyl groups is 1. The lowest BCUT2D eigenvalue weighted by Gasteiger charge is -2.47. The monoisotopic (exact) mass is 343 g/mol. The Morgan fingerprint density at radius 1 is 0.692 bits per heavy atom. The average Bonchev–Trinajstić information content (AvgIpc) is 2.71. The molecular formula is C24H25NO. The van der Waals surface area contributed by atoms with Crippen molar-refractivity contribution >= 4 is 0 Å². The first-order valence-electron chi connectivity index (χ1n) is 9.30. The Morgan fingerprint density at radius 3 is 1.69 bits per heavy atom. The molecule has 4 rings (SSSR count).